The SMILES string of the molecule is CCCCOc1ccc(C(O)CC(F)(F)C(F)(F)C(F)(F)C(F)(F)C(F)(F)C(F)(F)F)cc1. The number of unbranched alkanes of at least 4 members (excludes halogenated alkanes) is 1. The second-order valence-corrected chi connectivity index (χ2v) is 6.99. The van der Waals surface area contributed by atoms with Crippen LogP contribution in [0, 0.1) is 0 Å². The lowest BCUT2D eigenvalue weighted by molar-refractivity contribution is -0.440. The number of aliphatic hydroxyl groups is 1. The largest absolute Gasteiger partial charge is 0.494 e. The Morgan fingerprint density at radius 1 is 0.727 bits per heavy atom. The zero-order valence-electron chi connectivity index (χ0n) is 16.5. The van der Waals surface area contributed by atoms with Crippen LogP contribution in [0.4, 0.5) is 57.1 Å². The maximum Gasteiger partial charge on any atom is 0.460 e. The molecule has 1 aromatic rings. The summed E-state index contributed by atoms with van der Waals surface area (Å²) in [5.41, 5.74) is -0.607. The van der Waals surface area contributed by atoms with Gasteiger partial charge in [-0.1, -0.05) is 25.5 Å². The maximum absolute atomic E-state index is 13.9. The second-order valence-electron chi connectivity index (χ2n) is 6.99. The van der Waals surface area contributed by atoms with Crippen molar-refractivity contribution in [3.05, 3.63) is 29.8 Å². The standard InChI is InChI=1S/C18H17F13O2/c1-2-3-8-33-11-6-4-10(5-7-11)12(32)9-13(19,20)14(21,22)15(23,24)16(25,26)17(27,28)18(29,30)31/h4-7,12,32H,2-3,8-9H2,1H3. The Balaban J connectivity index is 3.17. The van der Waals surface area contributed by atoms with Crippen LogP contribution in [0.1, 0.15) is 37.9 Å². The molecule has 1 aromatic carbocycles. The Morgan fingerprint density at radius 2 is 1.18 bits per heavy atom. The van der Waals surface area contributed by atoms with Gasteiger partial charge in [0.25, 0.3) is 0 Å². The average Bonchev–Trinajstić information content (AvgIpc) is 2.66. The van der Waals surface area contributed by atoms with Gasteiger partial charge in [0.05, 0.1) is 12.7 Å². The van der Waals surface area contributed by atoms with Crippen LogP contribution in [0.2, 0.25) is 0 Å². The fourth-order valence-electron chi connectivity index (χ4n) is 2.41. The summed E-state index contributed by atoms with van der Waals surface area (Å²) in [6.45, 7) is 2.07. The molecule has 1 N–H and O–H groups in total. The molecule has 15 heteroatoms. The van der Waals surface area contributed by atoms with Crippen LogP contribution in [0.15, 0.2) is 24.3 Å². The van der Waals surface area contributed by atoms with Crippen LogP contribution in [0.5, 0.6) is 5.75 Å². The van der Waals surface area contributed by atoms with Crippen LogP contribution >= 0.6 is 0 Å². The monoisotopic (exact) mass is 512 g/mol. The normalized spacial score (nSPS) is 15.5. The number of hydrogen-bond acceptors (Lipinski definition) is 2. The minimum atomic E-state index is -7.96. The molecule has 0 aliphatic carbocycles. The summed E-state index contributed by atoms with van der Waals surface area (Å²) in [4.78, 5) is 0. The van der Waals surface area contributed by atoms with E-state index < -0.39 is 53.9 Å². The fourth-order valence-corrected chi connectivity index (χ4v) is 2.41. The van der Waals surface area contributed by atoms with Crippen molar-refractivity contribution in [2.75, 3.05) is 6.61 Å². The van der Waals surface area contributed by atoms with Gasteiger partial charge in [0.1, 0.15) is 5.75 Å². The summed E-state index contributed by atoms with van der Waals surface area (Å²) in [5, 5.41) is 9.67. The third kappa shape index (κ3) is 5.27. The van der Waals surface area contributed by atoms with Gasteiger partial charge < -0.3 is 9.84 Å². The molecule has 33 heavy (non-hydrogen) atoms. The van der Waals surface area contributed by atoms with Crippen molar-refractivity contribution in [2.24, 2.45) is 0 Å². The molecule has 2 nitrogen and oxygen atoms in total. The van der Waals surface area contributed by atoms with E-state index in [1.165, 1.54) is 0 Å². The van der Waals surface area contributed by atoms with Crippen molar-refractivity contribution in [2.45, 2.75) is 68.1 Å². The summed E-state index contributed by atoms with van der Waals surface area (Å²) >= 11 is 0. The van der Waals surface area contributed by atoms with Crippen molar-refractivity contribution in [1.29, 1.82) is 0 Å². The van der Waals surface area contributed by atoms with Gasteiger partial charge in [-0.3, -0.25) is 0 Å². The number of aliphatic hydroxyl groups excluding tert-OH is 1. The molecule has 0 saturated heterocycles. The number of rotatable bonds is 11. The van der Waals surface area contributed by atoms with E-state index in [0.29, 0.717) is 6.42 Å². The highest BCUT2D eigenvalue weighted by atomic mass is 19.4. The van der Waals surface area contributed by atoms with Crippen molar-refractivity contribution >= 4 is 0 Å². The van der Waals surface area contributed by atoms with E-state index in [4.69, 9.17) is 4.74 Å². The second kappa shape index (κ2) is 9.37. The summed E-state index contributed by atoms with van der Waals surface area (Å²) in [7, 11) is 0. The third-order valence-corrected chi connectivity index (χ3v) is 4.48. The molecular formula is C18H17F13O2. The summed E-state index contributed by atoms with van der Waals surface area (Å²) in [6, 6.07) is 3.81. The molecule has 0 aliphatic heterocycles. The Kier molecular flexibility index (Phi) is 8.27. The first-order chi connectivity index (χ1) is 14.7. The molecule has 0 saturated carbocycles. The molecule has 0 aliphatic rings. The number of halogens is 13. The van der Waals surface area contributed by atoms with Gasteiger partial charge in [-0.05, 0) is 24.1 Å². The highest BCUT2D eigenvalue weighted by molar-refractivity contribution is 5.29. The molecule has 0 aromatic heterocycles. The molecule has 0 heterocycles. The minimum absolute atomic E-state index is 0.136. The molecule has 0 spiro atoms. The van der Waals surface area contributed by atoms with Gasteiger partial charge >= 0.3 is 35.8 Å². The van der Waals surface area contributed by atoms with Crippen LogP contribution in [-0.2, 0) is 0 Å². The van der Waals surface area contributed by atoms with E-state index in [1.54, 1.807) is 0 Å². The number of benzene rings is 1. The van der Waals surface area contributed by atoms with Crippen LogP contribution in [-0.4, -0.2) is 47.5 Å². The summed E-state index contributed by atoms with van der Waals surface area (Å²) < 4.78 is 176. The van der Waals surface area contributed by atoms with E-state index in [2.05, 4.69) is 0 Å². The van der Waals surface area contributed by atoms with E-state index in [-0.39, 0.29) is 12.4 Å². The van der Waals surface area contributed by atoms with Crippen molar-refractivity contribution in [3.8, 4) is 5.75 Å². The van der Waals surface area contributed by atoms with E-state index in [0.717, 1.165) is 30.7 Å². The first-order valence-electron chi connectivity index (χ1n) is 9.04. The lowest BCUT2D eigenvalue weighted by atomic mass is 9.90. The molecular weight excluding hydrogens is 495 g/mol. The van der Waals surface area contributed by atoms with Crippen molar-refractivity contribution in [1.82, 2.24) is 0 Å². The third-order valence-electron chi connectivity index (χ3n) is 4.48. The Morgan fingerprint density at radius 3 is 1.61 bits per heavy atom. The highest BCUT2D eigenvalue weighted by Gasteiger charge is 2.90. The summed E-state index contributed by atoms with van der Waals surface area (Å²) in [6.07, 6.45) is -11.5. The predicted octanol–water partition coefficient (Wildman–Crippen LogP) is 7.03. The number of ether oxygens (including phenoxy) is 1. The van der Waals surface area contributed by atoms with Crippen molar-refractivity contribution in [3.63, 3.8) is 0 Å². The van der Waals surface area contributed by atoms with Gasteiger partial charge in [0.2, 0.25) is 0 Å². The molecule has 1 unspecified atom stereocenters. The molecule has 192 valence electrons. The van der Waals surface area contributed by atoms with Gasteiger partial charge in [-0.15, -0.1) is 0 Å². The first-order valence-corrected chi connectivity index (χ1v) is 9.04. The predicted molar refractivity (Wildman–Crippen MR) is 87.2 cm³/mol. The fraction of sp³-hybridized carbons (Fsp3) is 0.667. The summed E-state index contributed by atoms with van der Waals surface area (Å²) in [5.74, 6) is -37.3. The topological polar surface area (TPSA) is 29.5 Å². The van der Waals surface area contributed by atoms with Gasteiger partial charge in [-0.25, -0.2) is 0 Å². The van der Waals surface area contributed by atoms with E-state index >= 15 is 0 Å². The zero-order valence-corrected chi connectivity index (χ0v) is 16.5. The van der Waals surface area contributed by atoms with Crippen molar-refractivity contribution < 1.29 is 66.9 Å². The van der Waals surface area contributed by atoms with Gasteiger partial charge in [0.15, 0.2) is 0 Å². The van der Waals surface area contributed by atoms with Crippen LogP contribution < -0.4 is 4.74 Å². The Bertz CT molecular complexity index is 773. The lowest BCUT2D eigenvalue weighted by Gasteiger charge is -2.40. The van der Waals surface area contributed by atoms with E-state index in [9.17, 15) is 62.2 Å². The molecule has 1 rings (SSSR count). The van der Waals surface area contributed by atoms with E-state index in [1.807, 2.05) is 6.92 Å². The maximum atomic E-state index is 13.9. The quantitative estimate of drug-likeness (QED) is 0.255. The zero-order chi connectivity index (χ0) is 26.1. The smallest absolute Gasteiger partial charge is 0.460 e. The lowest BCUT2D eigenvalue weighted by Crippen LogP contribution is -2.70. The van der Waals surface area contributed by atoms with Gasteiger partial charge in [0, 0.05) is 6.42 Å². The minimum Gasteiger partial charge on any atom is -0.494 e. The first kappa shape index (κ1) is 29.1. The van der Waals surface area contributed by atoms with Crippen LogP contribution in [0.3, 0.4) is 0 Å². The Labute approximate surface area is 178 Å². The average molecular weight is 512 g/mol. The van der Waals surface area contributed by atoms with Crippen LogP contribution in [0.25, 0.3) is 0 Å². The molecule has 0 radical (unpaired) electrons. The number of hydrogen-bond donors (Lipinski definition) is 1. The molecule has 0 fully saturated rings. The van der Waals surface area contributed by atoms with Gasteiger partial charge in [-0.2, -0.15) is 57.1 Å². The molecule has 0 bridgehead atoms. The Hall–Kier alpha value is -1.93. The molecule has 1 atom stereocenters. The highest BCUT2D eigenvalue weighted by Crippen LogP contribution is 2.61. The number of alkyl halides is 13. The molecule has 0 amide bonds.